The van der Waals surface area contributed by atoms with E-state index in [0.717, 1.165) is 31.6 Å². The summed E-state index contributed by atoms with van der Waals surface area (Å²) in [7, 11) is 1.94. The Bertz CT molecular complexity index is 663. The van der Waals surface area contributed by atoms with Gasteiger partial charge in [0.25, 0.3) is 0 Å². The molecule has 1 saturated heterocycles. The average molecular weight is 337 g/mol. The molecule has 0 radical (unpaired) electrons. The lowest BCUT2D eigenvalue weighted by Crippen LogP contribution is -2.39. The van der Waals surface area contributed by atoms with Gasteiger partial charge in [0.05, 0.1) is 12.7 Å². The fourth-order valence-electron chi connectivity index (χ4n) is 2.92. The standard InChI is InChI=1S/C17H21F2N3O2/c1-21-14(5-7-20-21)6-8-22-9-10-23-16(12-22)13-3-2-4-15(11-13)24-17(18)19/h2-5,7,11,16-17H,6,8-10,12H2,1H3/t16-/m0/s1. The van der Waals surface area contributed by atoms with Crippen LogP contribution < -0.4 is 4.74 Å². The SMILES string of the molecule is Cn1nccc1CCN1CCO[C@H](c2cccc(OC(F)F)c2)C1. The minimum Gasteiger partial charge on any atom is -0.435 e. The molecule has 3 rings (SSSR count). The highest BCUT2D eigenvalue weighted by molar-refractivity contribution is 5.30. The molecule has 2 aromatic rings. The zero-order valence-corrected chi connectivity index (χ0v) is 13.6. The highest BCUT2D eigenvalue weighted by Gasteiger charge is 2.22. The Morgan fingerprint density at radius 2 is 2.25 bits per heavy atom. The number of morpholine rings is 1. The van der Waals surface area contributed by atoms with E-state index in [1.165, 1.54) is 11.8 Å². The van der Waals surface area contributed by atoms with Crippen LogP contribution in [-0.4, -0.2) is 47.5 Å². The van der Waals surface area contributed by atoms with E-state index in [2.05, 4.69) is 14.7 Å². The van der Waals surface area contributed by atoms with Gasteiger partial charge in [0.2, 0.25) is 0 Å². The van der Waals surface area contributed by atoms with Gasteiger partial charge in [-0.25, -0.2) is 0 Å². The summed E-state index contributed by atoms with van der Waals surface area (Å²) in [6.45, 7) is 0.308. The molecule has 1 aliphatic rings. The summed E-state index contributed by atoms with van der Waals surface area (Å²) >= 11 is 0. The van der Waals surface area contributed by atoms with E-state index in [0.29, 0.717) is 6.61 Å². The zero-order valence-electron chi connectivity index (χ0n) is 13.6. The van der Waals surface area contributed by atoms with Crippen LogP contribution in [0, 0.1) is 0 Å². The van der Waals surface area contributed by atoms with Crippen LogP contribution in [0.3, 0.4) is 0 Å². The molecule has 5 nitrogen and oxygen atoms in total. The molecule has 2 heterocycles. The van der Waals surface area contributed by atoms with Crippen LogP contribution in [0.25, 0.3) is 0 Å². The number of benzene rings is 1. The molecule has 1 aliphatic heterocycles. The van der Waals surface area contributed by atoms with E-state index in [9.17, 15) is 8.78 Å². The molecule has 1 fully saturated rings. The van der Waals surface area contributed by atoms with Gasteiger partial charge in [-0.05, 0) is 23.8 Å². The number of ether oxygens (including phenoxy) is 2. The molecule has 1 aromatic heterocycles. The monoisotopic (exact) mass is 337 g/mol. The van der Waals surface area contributed by atoms with Crippen molar-refractivity contribution in [2.24, 2.45) is 7.05 Å². The number of aryl methyl sites for hydroxylation is 1. The predicted molar refractivity (Wildman–Crippen MR) is 85.1 cm³/mol. The summed E-state index contributed by atoms with van der Waals surface area (Å²) in [6, 6.07) is 8.77. The summed E-state index contributed by atoms with van der Waals surface area (Å²) < 4.78 is 36.9. The maximum atomic E-state index is 12.4. The van der Waals surface area contributed by atoms with E-state index in [4.69, 9.17) is 4.74 Å². The van der Waals surface area contributed by atoms with Crippen molar-refractivity contribution in [1.29, 1.82) is 0 Å². The van der Waals surface area contributed by atoms with Crippen LogP contribution >= 0.6 is 0 Å². The van der Waals surface area contributed by atoms with Gasteiger partial charge in [-0.15, -0.1) is 0 Å². The second-order valence-electron chi connectivity index (χ2n) is 5.81. The summed E-state index contributed by atoms with van der Waals surface area (Å²) in [6.07, 6.45) is 2.58. The smallest absolute Gasteiger partial charge is 0.387 e. The highest BCUT2D eigenvalue weighted by Crippen LogP contribution is 2.26. The molecule has 0 bridgehead atoms. The van der Waals surface area contributed by atoms with Crippen LogP contribution in [0.1, 0.15) is 17.4 Å². The summed E-state index contributed by atoms with van der Waals surface area (Å²) in [4.78, 5) is 2.32. The van der Waals surface area contributed by atoms with Gasteiger partial charge in [-0.1, -0.05) is 12.1 Å². The van der Waals surface area contributed by atoms with Crippen LogP contribution in [0.4, 0.5) is 8.78 Å². The van der Waals surface area contributed by atoms with Crippen molar-refractivity contribution < 1.29 is 18.3 Å². The number of halogens is 2. The molecular formula is C17H21F2N3O2. The largest absolute Gasteiger partial charge is 0.435 e. The van der Waals surface area contributed by atoms with Crippen molar-refractivity contribution in [1.82, 2.24) is 14.7 Å². The van der Waals surface area contributed by atoms with Crippen molar-refractivity contribution >= 4 is 0 Å². The Hall–Kier alpha value is -1.99. The molecule has 130 valence electrons. The third kappa shape index (κ3) is 4.30. The first-order chi connectivity index (χ1) is 11.6. The number of nitrogens with zero attached hydrogens (tertiary/aromatic N) is 3. The number of aromatic nitrogens is 2. The van der Waals surface area contributed by atoms with E-state index < -0.39 is 6.61 Å². The van der Waals surface area contributed by atoms with Crippen molar-refractivity contribution in [3.63, 3.8) is 0 Å². The van der Waals surface area contributed by atoms with Crippen LogP contribution in [0.2, 0.25) is 0 Å². The summed E-state index contributed by atoms with van der Waals surface area (Å²) in [5.74, 6) is 0.165. The fraction of sp³-hybridized carbons (Fsp3) is 0.471. The summed E-state index contributed by atoms with van der Waals surface area (Å²) in [5.41, 5.74) is 2.05. The molecule has 1 atom stereocenters. The van der Waals surface area contributed by atoms with Crippen molar-refractivity contribution in [3.05, 3.63) is 47.8 Å². The topological polar surface area (TPSA) is 39.5 Å². The number of hydrogen-bond acceptors (Lipinski definition) is 4. The Labute approximate surface area is 139 Å². The predicted octanol–water partition coefficient (Wildman–Crippen LogP) is 2.64. The van der Waals surface area contributed by atoms with Crippen molar-refractivity contribution in [2.45, 2.75) is 19.1 Å². The van der Waals surface area contributed by atoms with Crippen molar-refractivity contribution in [2.75, 3.05) is 26.2 Å². The molecule has 0 unspecified atom stereocenters. The Morgan fingerprint density at radius 1 is 1.38 bits per heavy atom. The lowest BCUT2D eigenvalue weighted by atomic mass is 10.1. The maximum absolute atomic E-state index is 12.4. The molecule has 0 aliphatic carbocycles. The van der Waals surface area contributed by atoms with Gasteiger partial charge in [0.15, 0.2) is 0 Å². The first-order valence-electron chi connectivity index (χ1n) is 7.97. The molecular weight excluding hydrogens is 316 g/mol. The van der Waals surface area contributed by atoms with Gasteiger partial charge in [0, 0.05) is 45.0 Å². The van der Waals surface area contributed by atoms with Crippen LogP contribution in [-0.2, 0) is 18.2 Å². The quantitative estimate of drug-likeness (QED) is 0.812. The van der Waals surface area contributed by atoms with E-state index in [1.807, 2.05) is 23.9 Å². The van der Waals surface area contributed by atoms with Crippen LogP contribution in [0.5, 0.6) is 5.75 Å². The maximum Gasteiger partial charge on any atom is 0.387 e. The third-order valence-corrected chi connectivity index (χ3v) is 4.21. The number of rotatable bonds is 6. The highest BCUT2D eigenvalue weighted by atomic mass is 19.3. The Balaban J connectivity index is 1.60. The third-order valence-electron chi connectivity index (χ3n) is 4.21. The first kappa shape index (κ1) is 16.9. The fourth-order valence-corrected chi connectivity index (χ4v) is 2.92. The Kier molecular flexibility index (Phi) is 5.42. The van der Waals surface area contributed by atoms with E-state index in [-0.39, 0.29) is 11.9 Å². The lowest BCUT2D eigenvalue weighted by molar-refractivity contribution is -0.0507. The Morgan fingerprint density at radius 3 is 3.00 bits per heavy atom. The second-order valence-corrected chi connectivity index (χ2v) is 5.81. The van der Waals surface area contributed by atoms with Crippen LogP contribution in [0.15, 0.2) is 36.5 Å². The molecule has 1 aromatic carbocycles. The minimum absolute atomic E-state index is 0.133. The summed E-state index contributed by atoms with van der Waals surface area (Å²) in [5, 5.41) is 4.17. The molecule has 0 N–H and O–H groups in total. The molecule has 0 spiro atoms. The van der Waals surface area contributed by atoms with Gasteiger partial charge >= 0.3 is 6.61 Å². The zero-order chi connectivity index (χ0) is 16.9. The normalized spacial score (nSPS) is 18.9. The van der Waals surface area contributed by atoms with Crippen molar-refractivity contribution in [3.8, 4) is 5.75 Å². The molecule has 0 amide bonds. The minimum atomic E-state index is -2.82. The average Bonchev–Trinajstić information content (AvgIpc) is 2.98. The molecule has 0 saturated carbocycles. The number of hydrogen-bond donors (Lipinski definition) is 0. The van der Waals surface area contributed by atoms with E-state index >= 15 is 0 Å². The first-order valence-corrected chi connectivity index (χ1v) is 7.97. The van der Waals surface area contributed by atoms with E-state index in [1.54, 1.807) is 18.3 Å². The molecule has 7 heteroatoms. The second kappa shape index (κ2) is 7.72. The number of alkyl halides is 2. The molecule has 24 heavy (non-hydrogen) atoms. The van der Waals surface area contributed by atoms with Gasteiger partial charge in [-0.3, -0.25) is 9.58 Å². The van der Waals surface area contributed by atoms with Gasteiger partial charge in [0.1, 0.15) is 5.75 Å². The van der Waals surface area contributed by atoms with Gasteiger partial charge < -0.3 is 9.47 Å². The lowest BCUT2D eigenvalue weighted by Gasteiger charge is -2.33. The van der Waals surface area contributed by atoms with Gasteiger partial charge in [-0.2, -0.15) is 13.9 Å².